The third-order valence-corrected chi connectivity index (χ3v) is 9.37. The molecular weight excluding hydrogens is 456 g/mol. The standard InChI is InChI=1S/C33H48N2O2/c1-21-13-17-25(18-14-21)30-28(31(36)34-27-11-8-10-26(20-27)33(5,6)7)12-9-19-35(30)32(37)29-23(3)16-15-22(2)24(29)4/h8,10-11,15-16,20-22,24-25,28,30H,9,12-14,17-19H2,1-7H3,(H,34,36)/t21?,22?,24?,25?,28-,30?/m0/s1. The monoisotopic (exact) mass is 504 g/mol. The molecule has 1 heterocycles. The van der Waals surface area contributed by atoms with Gasteiger partial charge in [-0.15, -0.1) is 0 Å². The predicted octanol–water partition coefficient (Wildman–Crippen LogP) is 7.51. The van der Waals surface area contributed by atoms with Gasteiger partial charge < -0.3 is 10.2 Å². The van der Waals surface area contributed by atoms with Gasteiger partial charge in [-0.25, -0.2) is 0 Å². The minimum absolute atomic E-state index is 0.0178. The largest absolute Gasteiger partial charge is 0.335 e. The molecule has 1 saturated heterocycles. The lowest BCUT2D eigenvalue weighted by Crippen LogP contribution is -2.56. The van der Waals surface area contributed by atoms with Crippen molar-refractivity contribution in [3.8, 4) is 0 Å². The second kappa shape index (κ2) is 11.2. The van der Waals surface area contributed by atoms with Crippen molar-refractivity contribution in [2.45, 2.75) is 98.4 Å². The van der Waals surface area contributed by atoms with Crippen LogP contribution in [0.4, 0.5) is 5.69 Å². The van der Waals surface area contributed by atoms with Gasteiger partial charge in [0.1, 0.15) is 0 Å². The smallest absolute Gasteiger partial charge is 0.250 e. The fraction of sp³-hybridized carbons (Fsp3) is 0.636. The maximum Gasteiger partial charge on any atom is 0.250 e. The summed E-state index contributed by atoms with van der Waals surface area (Å²) in [5, 5.41) is 3.27. The first-order valence-corrected chi connectivity index (χ1v) is 14.6. The molecule has 3 aliphatic rings. The number of carbonyl (C=O) groups is 2. The van der Waals surface area contributed by atoms with E-state index in [2.05, 4.69) is 83.0 Å². The van der Waals surface area contributed by atoms with Crippen LogP contribution in [0, 0.1) is 29.6 Å². The van der Waals surface area contributed by atoms with E-state index in [1.807, 2.05) is 12.1 Å². The molecule has 202 valence electrons. The zero-order chi connectivity index (χ0) is 26.9. The van der Waals surface area contributed by atoms with Gasteiger partial charge in [0.15, 0.2) is 0 Å². The molecule has 1 aliphatic heterocycles. The molecule has 1 N–H and O–H groups in total. The lowest BCUT2D eigenvalue weighted by molar-refractivity contribution is -0.139. The number of piperidine rings is 1. The molecule has 0 bridgehead atoms. The maximum absolute atomic E-state index is 14.2. The van der Waals surface area contributed by atoms with E-state index in [1.165, 1.54) is 18.4 Å². The van der Waals surface area contributed by atoms with Gasteiger partial charge in [-0.2, -0.15) is 0 Å². The highest BCUT2D eigenvalue weighted by Gasteiger charge is 2.45. The topological polar surface area (TPSA) is 49.4 Å². The summed E-state index contributed by atoms with van der Waals surface area (Å²) in [6, 6.07) is 8.21. The first kappa shape index (κ1) is 27.7. The Morgan fingerprint density at radius 1 is 1.00 bits per heavy atom. The Morgan fingerprint density at radius 2 is 1.70 bits per heavy atom. The van der Waals surface area contributed by atoms with Crippen molar-refractivity contribution < 1.29 is 9.59 Å². The molecule has 0 aromatic heterocycles. The summed E-state index contributed by atoms with van der Waals surface area (Å²) in [4.78, 5) is 30.2. The number of allylic oxidation sites excluding steroid dienone is 3. The number of benzene rings is 1. The summed E-state index contributed by atoms with van der Waals surface area (Å²) in [5.74, 6) is 1.70. The van der Waals surface area contributed by atoms with Gasteiger partial charge in [-0.1, -0.05) is 78.7 Å². The van der Waals surface area contributed by atoms with Gasteiger partial charge >= 0.3 is 0 Å². The Bertz CT molecular complexity index is 1050. The molecule has 2 fully saturated rings. The molecule has 4 nitrogen and oxygen atoms in total. The Hall–Kier alpha value is -2.36. The van der Waals surface area contributed by atoms with E-state index in [0.29, 0.717) is 11.8 Å². The van der Waals surface area contributed by atoms with Crippen LogP contribution in [0.2, 0.25) is 0 Å². The van der Waals surface area contributed by atoms with E-state index in [4.69, 9.17) is 0 Å². The third-order valence-electron chi connectivity index (χ3n) is 9.37. The molecule has 0 spiro atoms. The number of amides is 2. The number of nitrogens with one attached hydrogen (secondary N) is 1. The lowest BCUT2D eigenvalue weighted by Gasteiger charge is -2.47. The lowest BCUT2D eigenvalue weighted by atomic mass is 9.71. The Labute approximate surface area is 225 Å². The van der Waals surface area contributed by atoms with E-state index >= 15 is 0 Å². The molecule has 3 unspecified atom stereocenters. The van der Waals surface area contributed by atoms with Gasteiger partial charge in [0, 0.05) is 23.8 Å². The zero-order valence-corrected chi connectivity index (χ0v) is 24.1. The molecular formula is C33H48N2O2. The predicted molar refractivity (Wildman–Crippen MR) is 153 cm³/mol. The molecule has 4 heteroatoms. The highest BCUT2D eigenvalue weighted by molar-refractivity contribution is 5.97. The number of hydrogen-bond donors (Lipinski definition) is 1. The van der Waals surface area contributed by atoms with Crippen molar-refractivity contribution in [2.75, 3.05) is 11.9 Å². The number of hydrogen-bond acceptors (Lipinski definition) is 2. The van der Waals surface area contributed by atoms with Crippen molar-refractivity contribution in [1.29, 1.82) is 0 Å². The first-order chi connectivity index (χ1) is 17.5. The molecule has 2 amide bonds. The first-order valence-electron chi connectivity index (χ1n) is 14.6. The number of likely N-dealkylation sites (tertiary alicyclic amines) is 1. The fourth-order valence-electron chi connectivity index (χ4n) is 6.74. The summed E-state index contributed by atoms with van der Waals surface area (Å²) in [6.45, 7) is 16.1. The second-order valence-electron chi connectivity index (χ2n) is 13.2. The number of carbonyl (C=O) groups excluding carboxylic acids is 2. The maximum atomic E-state index is 14.2. The summed E-state index contributed by atoms with van der Waals surface area (Å²) in [7, 11) is 0. The van der Waals surface area contributed by atoms with E-state index < -0.39 is 0 Å². The molecule has 0 radical (unpaired) electrons. The molecule has 2 aliphatic carbocycles. The Kier molecular flexibility index (Phi) is 8.35. The van der Waals surface area contributed by atoms with Crippen LogP contribution in [-0.2, 0) is 15.0 Å². The second-order valence-corrected chi connectivity index (χ2v) is 13.2. The molecule has 4 atom stereocenters. The highest BCUT2D eigenvalue weighted by atomic mass is 16.2. The van der Waals surface area contributed by atoms with Crippen molar-refractivity contribution in [3.63, 3.8) is 0 Å². The summed E-state index contributed by atoms with van der Waals surface area (Å²) in [5.41, 5.74) is 4.11. The number of rotatable bonds is 4. The van der Waals surface area contributed by atoms with Crippen LogP contribution in [0.5, 0.6) is 0 Å². The SMILES string of the molecule is CC1=C(C(=O)N2CCC[C@H](C(=O)Nc3cccc(C(C)(C)C)c3)C2C2CCC(C)CC2)C(C)C(C)C=C1. The van der Waals surface area contributed by atoms with Crippen molar-refractivity contribution in [2.24, 2.45) is 29.6 Å². The van der Waals surface area contributed by atoms with E-state index in [0.717, 1.165) is 55.0 Å². The summed E-state index contributed by atoms with van der Waals surface area (Å²) >= 11 is 0. The minimum atomic E-state index is -0.179. The van der Waals surface area contributed by atoms with Crippen LogP contribution < -0.4 is 5.32 Å². The van der Waals surface area contributed by atoms with Crippen LogP contribution in [-0.4, -0.2) is 29.3 Å². The van der Waals surface area contributed by atoms with Crippen LogP contribution in [0.3, 0.4) is 0 Å². The van der Waals surface area contributed by atoms with Crippen LogP contribution in [0.25, 0.3) is 0 Å². The molecule has 1 saturated carbocycles. The van der Waals surface area contributed by atoms with E-state index in [-0.39, 0.29) is 35.1 Å². The average Bonchev–Trinajstić information content (AvgIpc) is 2.86. The number of anilines is 1. The number of nitrogens with zero attached hydrogens (tertiary/aromatic N) is 1. The van der Waals surface area contributed by atoms with Gasteiger partial charge in [0.2, 0.25) is 5.91 Å². The fourth-order valence-corrected chi connectivity index (χ4v) is 6.74. The summed E-state index contributed by atoms with van der Waals surface area (Å²) in [6.07, 6.45) is 10.6. The Morgan fingerprint density at radius 3 is 2.38 bits per heavy atom. The Balaban J connectivity index is 1.64. The summed E-state index contributed by atoms with van der Waals surface area (Å²) < 4.78 is 0. The third kappa shape index (κ3) is 6.04. The zero-order valence-electron chi connectivity index (χ0n) is 24.1. The van der Waals surface area contributed by atoms with Crippen molar-refractivity contribution >= 4 is 17.5 Å². The van der Waals surface area contributed by atoms with Gasteiger partial charge in [0.25, 0.3) is 5.91 Å². The molecule has 1 aromatic carbocycles. The van der Waals surface area contributed by atoms with E-state index in [9.17, 15) is 9.59 Å². The molecule has 1 aromatic rings. The van der Waals surface area contributed by atoms with Gasteiger partial charge in [-0.3, -0.25) is 9.59 Å². The minimum Gasteiger partial charge on any atom is -0.335 e. The van der Waals surface area contributed by atoms with Crippen molar-refractivity contribution in [1.82, 2.24) is 4.90 Å². The highest BCUT2D eigenvalue weighted by Crippen LogP contribution is 2.41. The van der Waals surface area contributed by atoms with Gasteiger partial charge in [0.05, 0.1) is 5.92 Å². The quantitative estimate of drug-likeness (QED) is 0.461. The van der Waals surface area contributed by atoms with Gasteiger partial charge in [-0.05, 0) is 85.0 Å². The molecule has 4 rings (SSSR count). The van der Waals surface area contributed by atoms with Crippen LogP contribution in [0.1, 0.15) is 92.6 Å². The average molecular weight is 505 g/mol. The van der Waals surface area contributed by atoms with Crippen molar-refractivity contribution in [3.05, 3.63) is 53.1 Å². The molecule has 37 heavy (non-hydrogen) atoms. The van der Waals surface area contributed by atoms with Crippen LogP contribution in [0.15, 0.2) is 47.6 Å². The van der Waals surface area contributed by atoms with E-state index in [1.54, 1.807) is 0 Å². The van der Waals surface area contributed by atoms with Crippen LogP contribution >= 0.6 is 0 Å². The normalized spacial score (nSPS) is 30.8.